The van der Waals surface area contributed by atoms with Crippen molar-refractivity contribution in [1.82, 2.24) is 10.2 Å². The van der Waals surface area contributed by atoms with E-state index in [-0.39, 0.29) is 11.2 Å². The smallest absolute Gasteiger partial charge is 0.237 e. The monoisotopic (exact) mass is 294 g/mol. The minimum atomic E-state index is -0.257. The molecule has 2 aromatic rings. The number of nitrogens with one attached hydrogen (secondary N) is 1. The van der Waals surface area contributed by atoms with E-state index in [1.165, 1.54) is 23.1 Å². The van der Waals surface area contributed by atoms with Crippen LogP contribution in [0, 0.1) is 6.92 Å². The topological polar surface area (TPSA) is 80.9 Å². The Bertz CT molecular complexity index is 585. The molecule has 100 valence electrons. The van der Waals surface area contributed by atoms with Gasteiger partial charge < -0.3 is 11.1 Å². The van der Waals surface area contributed by atoms with Crippen LogP contribution in [-0.2, 0) is 4.79 Å². The van der Waals surface area contributed by atoms with Crippen molar-refractivity contribution in [3.05, 3.63) is 29.8 Å². The normalized spacial score (nSPS) is 12.1. The lowest BCUT2D eigenvalue weighted by Crippen LogP contribution is -2.22. The highest BCUT2D eigenvalue weighted by Crippen LogP contribution is 2.28. The zero-order valence-corrected chi connectivity index (χ0v) is 12.2. The van der Waals surface area contributed by atoms with Gasteiger partial charge in [-0.15, -0.1) is 10.2 Å². The van der Waals surface area contributed by atoms with Gasteiger partial charge in [-0.1, -0.05) is 35.2 Å². The number of benzene rings is 1. The van der Waals surface area contributed by atoms with E-state index in [1.54, 1.807) is 0 Å². The maximum Gasteiger partial charge on any atom is 0.237 e. The summed E-state index contributed by atoms with van der Waals surface area (Å²) in [6, 6.07) is 7.69. The van der Waals surface area contributed by atoms with Crippen LogP contribution in [-0.4, -0.2) is 21.4 Å². The predicted octanol–water partition coefficient (Wildman–Crippen LogP) is 2.55. The van der Waals surface area contributed by atoms with E-state index in [2.05, 4.69) is 15.5 Å². The molecule has 0 bridgehead atoms. The summed E-state index contributed by atoms with van der Waals surface area (Å²) in [4.78, 5) is 12.0. The lowest BCUT2D eigenvalue weighted by molar-refractivity contribution is -0.115. The molecule has 0 saturated heterocycles. The second-order valence-corrected chi connectivity index (χ2v) is 6.62. The molecule has 0 saturated carbocycles. The molecule has 0 aliphatic carbocycles. The summed E-state index contributed by atoms with van der Waals surface area (Å²) < 4.78 is 0.699. The van der Waals surface area contributed by atoms with E-state index in [0.29, 0.717) is 9.47 Å². The van der Waals surface area contributed by atoms with Gasteiger partial charge in [0.25, 0.3) is 0 Å². The highest BCUT2D eigenvalue weighted by Gasteiger charge is 2.16. The molecule has 1 heterocycles. The Kier molecular flexibility index (Phi) is 4.39. The summed E-state index contributed by atoms with van der Waals surface area (Å²) in [5.41, 5.74) is 7.41. The van der Waals surface area contributed by atoms with Crippen molar-refractivity contribution >= 4 is 39.8 Å². The van der Waals surface area contributed by atoms with Gasteiger partial charge in [-0.25, -0.2) is 0 Å². The number of hydrogen-bond donors (Lipinski definition) is 2. The molecular formula is C12H14N4OS2. The minimum absolute atomic E-state index is 0.0654. The number of anilines is 2. The van der Waals surface area contributed by atoms with Crippen molar-refractivity contribution in [3.8, 4) is 0 Å². The van der Waals surface area contributed by atoms with Gasteiger partial charge in [0.15, 0.2) is 4.34 Å². The van der Waals surface area contributed by atoms with Crippen LogP contribution in [0.3, 0.4) is 0 Å². The van der Waals surface area contributed by atoms with Crippen molar-refractivity contribution in [2.75, 3.05) is 11.1 Å². The molecule has 1 aromatic heterocycles. The van der Waals surface area contributed by atoms with Crippen LogP contribution in [0.15, 0.2) is 28.6 Å². The van der Waals surface area contributed by atoms with Gasteiger partial charge in [0.1, 0.15) is 0 Å². The first-order chi connectivity index (χ1) is 9.04. The Morgan fingerprint density at radius 1 is 1.47 bits per heavy atom. The number of aryl methyl sites for hydroxylation is 1. The fourth-order valence-corrected chi connectivity index (χ4v) is 3.22. The lowest BCUT2D eigenvalue weighted by atomic mass is 10.2. The molecule has 1 aromatic carbocycles. The van der Waals surface area contributed by atoms with Gasteiger partial charge in [0.05, 0.1) is 5.25 Å². The van der Waals surface area contributed by atoms with Crippen molar-refractivity contribution in [2.24, 2.45) is 0 Å². The van der Waals surface area contributed by atoms with E-state index in [9.17, 15) is 4.79 Å². The molecule has 1 atom stereocenters. The van der Waals surface area contributed by atoms with Gasteiger partial charge in [-0.05, 0) is 31.5 Å². The summed E-state index contributed by atoms with van der Waals surface area (Å²) >= 11 is 2.63. The number of carbonyl (C=O) groups excluding carboxylic acids is 1. The predicted molar refractivity (Wildman–Crippen MR) is 79.4 cm³/mol. The molecule has 7 heteroatoms. The fourth-order valence-electron chi connectivity index (χ4n) is 1.44. The van der Waals surface area contributed by atoms with Crippen LogP contribution in [0.1, 0.15) is 12.5 Å². The number of rotatable bonds is 4. The molecule has 19 heavy (non-hydrogen) atoms. The average Bonchev–Trinajstić information content (AvgIpc) is 2.74. The molecule has 2 rings (SSSR count). The quantitative estimate of drug-likeness (QED) is 0.847. The van der Waals surface area contributed by atoms with Crippen LogP contribution < -0.4 is 11.1 Å². The number of carbonyl (C=O) groups is 1. The van der Waals surface area contributed by atoms with E-state index < -0.39 is 0 Å². The molecule has 3 N–H and O–H groups in total. The minimum Gasteiger partial charge on any atom is -0.374 e. The van der Waals surface area contributed by atoms with Crippen molar-refractivity contribution in [3.63, 3.8) is 0 Å². The van der Waals surface area contributed by atoms with Crippen LogP contribution >= 0.6 is 23.1 Å². The Morgan fingerprint density at radius 2 is 2.26 bits per heavy atom. The SMILES string of the molecule is Cc1cccc(NC(=O)[C@H](C)Sc2nnc(N)s2)c1. The number of hydrogen-bond acceptors (Lipinski definition) is 6. The maximum absolute atomic E-state index is 12.0. The van der Waals surface area contributed by atoms with Crippen molar-refractivity contribution in [1.29, 1.82) is 0 Å². The number of nitrogens with zero attached hydrogens (tertiary/aromatic N) is 2. The fraction of sp³-hybridized carbons (Fsp3) is 0.250. The number of nitrogens with two attached hydrogens (primary N) is 1. The third kappa shape index (κ3) is 3.93. The summed E-state index contributed by atoms with van der Waals surface area (Å²) in [6.45, 7) is 3.81. The maximum atomic E-state index is 12.0. The second-order valence-electron chi connectivity index (χ2n) is 4.03. The summed E-state index contributed by atoms with van der Waals surface area (Å²) in [6.07, 6.45) is 0. The number of amides is 1. The van der Waals surface area contributed by atoms with E-state index in [1.807, 2.05) is 38.1 Å². The second kappa shape index (κ2) is 6.03. The Hall–Kier alpha value is -1.60. The standard InChI is InChI=1S/C12H14N4OS2/c1-7-4-3-5-9(6-7)14-10(17)8(2)18-12-16-15-11(13)19-12/h3-6,8H,1-2H3,(H2,13,15)(H,14,17)/t8-/m0/s1. The first-order valence-corrected chi connectivity index (χ1v) is 7.37. The largest absolute Gasteiger partial charge is 0.374 e. The third-order valence-electron chi connectivity index (χ3n) is 2.35. The van der Waals surface area contributed by atoms with Gasteiger partial charge in [-0.3, -0.25) is 4.79 Å². The molecular weight excluding hydrogens is 280 g/mol. The van der Waals surface area contributed by atoms with Gasteiger partial charge in [-0.2, -0.15) is 0 Å². The lowest BCUT2D eigenvalue weighted by Gasteiger charge is -2.10. The Labute approximate surface area is 119 Å². The average molecular weight is 294 g/mol. The van der Waals surface area contributed by atoms with E-state index in [0.717, 1.165) is 11.3 Å². The molecule has 0 radical (unpaired) electrons. The van der Waals surface area contributed by atoms with Gasteiger partial charge in [0.2, 0.25) is 11.0 Å². The first kappa shape index (κ1) is 13.8. The molecule has 5 nitrogen and oxygen atoms in total. The highest BCUT2D eigenvalue weighted by molar-refractivity contribution is 8.02. The number of thioether (sulfide) groups is 1. The van der Waals surface area contributed by atoms with Crippen molar-refractivity contribution in [2.45, 2.75) is 23.4 Å². The van der Waals surface area contributed by atoms with Gasteiger partial charge in [0, 0.05) is 5.69 Å². The van der Waals surface area contributed by atoms with E-state index >= 15 is 0 Å². The summed E-state index contributed by atoms with van der Waals surface area (Å²) in [5, 5.41) is 10.6. The summed E-state index contributed by atoms with van der Waals surface area (Å²) in [7, 11) is 0. The molecule has 0 aliphatic rings. The van der Waals surface area contributed by atoms with Crippen LogP contribution in [0.2, 0.25) is 0 Å². The molecule has 0 spiro atoms. The molecule has 0 unspecified atom stereocenters. The van der Waals surface area contributed by atoms with Crippen LogP contribution in [0.5, 0.6) is 0 Å². The zero-order valence-electron chi connectivity index (χ0n) is 10.6. The molecule has 0 aliphatic heterocycles. The highest BCUT2D eigenvalue weighted by atomic mass is 32.2. The van der Waals surface area contributed by atoms with Crippen molar-refractivity contribution < 1.29 is 4.79 Å². The first-order valence-electron chi connectivity index (χ1n) is 5.68. The Balaban J connectivity index is 1.96. The number of aromatic nitrogens is 2. The van der Waals surface area contributed by atoms with Crippen LogP contribution in [0.4, 0.5) is 10.8 Å². The molecule has 1 amide bonds. The zero-order chi connectivity index (χ0) is 13.8. The number of nitrogen functional groups attached to an aromatic ring is 1. The van der Waals surface area contributed by atoms with Crippen LogP contribution in [0.25, 0.3) is 0 Å². The summed E-state index contributed by atoms with van der Waals surface area (Å²) in [5.74, 6) is -0.0654. The van der Waals surface area contributed by atoms with Gasteiger partial charge >= 0.3 is 0 Å². The third-order valence-corrected chi connectivity index (χ3v) is 4.29. The molecule has 0 fully saturated rings. The Morgan fingerprint density at radius 3 is 2.89 bits per heavy atom. The van der Waals surface area contributed by atoms with E-state index in [4.69, 9.17) is 5.73 Å².